The lowest BCUT2D eigenvalue weighted by Crippen LogP contribution is -2.44. The van der Waals surface area contributed by atoms with Gasteiger partial charge in [-0.15, -0.1) is 0 Å². The molecule has 0 aliphatic heterocycles. The van der Waals surface area contributed by atoms with Crippen molar-refractivity contribution in [3.8, 4) is 0 Å². The Morgan fingerprint density at radius 2 is 1.70 bits per heavy atom. The van der Waals surface area contributed by atoms with Crippen LogP contribution in [0, 0.1) is 5.82 Å². The summed E-state index contributed by atoms with van der Waals surface area (Å²) < 4.78 is 36.5. The highest BCUT2D eigenvalue weighted by molar-refractivity contribution is 7.90. The van der Waals surface area contributed by atoms with Gasteiger partial charge in [-0.25, -0.2) is 12.8 Å². The normalized spacial score (nSPS) is 12.8. The maximum atomic E-state index is 13.4. The highest BCUT2D eigenvalue weighted by Crippen LogP contribution is 2.22. The van der Waals surface area contributed by atoms with Crippen LogP contribution in [0.2, 0.25) is 0 Å². The molecule has 0 fully saturated rings. The van der Waals surface area contributed by atoms with Crippen molar-refractivity contribution in [3.05, 3.63) is 65.5 Å². The third-order valence-electron chi connectivity index (χ3n) is 4.50. The Labute approximate surface area is 176 Å². The Kier molecular flexibility index (Phi) is 7.36. The zero-order chi connectivity index (χ0) is 22.5. The third kappa shape index (κ3) is 7.26. The summed E-state index contributed by atoms with van der Waals surface area (Å²) >= 11 is 0. The number of hydrogen-bond acceptors (Lipinski definition) is 4. The van der Waals surface area contributed by atoms with E-state index in [4.69, 9.17) is 0 Å². The van der Waals surface area contributed by atoms with Gasteiger partial charge in [0.15, 0.2) is 0 Å². The van der Waals surface area contributed by atoms with E-state index in [0.29, 0.717) is 5.56 Å². The van der Waals surface area contributed by atoms with Gasteiger partial charge in [0.1, 0.15) is 21.7 Å². The standard InChI is InChI=1S/C22H27FN2O4S/c1-22(2,3)16-10-8-15(9-11-16)20(26)25-19(12-13-30(4,28)29)21(27)24-18-7-5-6-17(23)14-18/h5-11,14,19H,12-13H2,1-4H3,(H,24,27)(H,25,26)/t19-/m0/s1. The fourth-order valence-electron chi connectivity index (χ4n) is 2.76. The largest absolute Gasteiger partial charge is 0.340 e. The molecule has 0 aliphatic carbocycles. The summed E-state index contributed by atoms with van der Waals surface area (Å²) in [5.74, 6) is -1.92. The molecule has 0 unspecified atom stereocenters. The molecule has 2 aromatic carbocycles. The van der Waals surface area contributed by atoms with E-state index in [9.17, 15) is 22.4 Å². The molecule has 0 aromatic heterocycles. The van der Waals surface area contributed by atoms with Crippen LogP contribution in [0.4, 0.5) is 10.1 Å². The van der Waals surface area contributed by atoms with E-state index in [2.05, 4.69) is 31.4 Å². The van der Waals surface area contributed by atoms with Gasteiger partial charge < -0.3 is 10.6 Å². The molecule has 0 bridgehead atoms. The SMILES string of the molecule is CC(C)(C)c1ccc(C(=O)N[C@@H](CCS(C)(=O)=O)C(=O)Nc2cccc(F)c2)cc1. The van der Waals surface area contributed by atoms with Gasteiger partial charge in [-0.3, -0.25) is 9.59 Å². The van der Waals surface area contributed by atoms with Crippen LogP contribution in [0.1, 0.15) is 43.1 Å². The van der Waals surface area contributed by atoms with Crippen LogP contribution in [-0.2, 0) is 20.0 Å². The topological polar surface area (TPSA) is 92.3 Å². The molecule has 2 amide bonds. The maximum Gasteiger partial charge on any atom is 0.251 e. The number of rotatable bonds is 7. The van der Waals surface area contributed by atoms with Crippen LogP contribution < -0.4 is 10.6 Å². The van der Waals surface area contributed by atoms with Gasteiger partial charge in [0.2, 0.25) is 5.91 Å². The van der Waals surface area contributed by atoms with Crippen molar-refractivity contribution in [2.75, 3.05) is 17.3 Å². The second kappa shape index (κ2) is 9.38. The first-order valence-corrected chi connectivity index (χ1v) is 11.6. The monoisotopic (exact) mass is 434 g/mol. The van der Waals surface area contributed by atoms with Crippen molar-refractivity contribution in [1.29, 1.82) is 0 Å². The Morgan fingerprint density at radius 1 is 1.07 bits per heavy atom. The fraction of sp³-hybridized carbons (Fsp3) is 0.364. The number of anilines is 1. The molecule has 0 heterocycles. The number of sulfone groups is 1. The molecule has 2 N–H and O–H groups in total. The molecular weight excluding hydrogens is 407 g/mol. The minimum atomic E-state index is -3.35. The zero-order valence-corrected chi connectivity index (χ0v) is 18.3. The number of benzene rings is 2. The lowest BCUT2D eigenvalue weighted by atomic mass is 9.86. The van der Waals surface area contributed by atoms with Crippen LogP contribution in [0.15, 0.2) is 48.5 Å². The van der Waals surface area contributed by atoms with E-state index in [-0.39, 0.29) is 23.3 Å². The van der Waals surface area contributed by atoms with Crippen LogP contribution in [0.25, 0.3) is 0 Å². The number of carbonyl (C=O) groups excluding carboxylic acids is 2. The molecule has 0 saturated carbocycles. The molecule has 6 nitrogen and oxygen atoms in total. The summed E-state index contributed by atoms with van der Waals surface area (Å²) in [6.07, 6.45) is 0.952. The van der Waals surface area contributed by atoms with Crippen molar-refractivity contribution in [2.24, 2.45) is 0 Å². The van der Waals surface area contributed by atoms with E-state index in [1.54, 1.807) is 12.1 Å². The molecule has 0 saturated heterocycles. The van der Waals surface area contributed by atoms with Crippen LogP contribution in [0.5, 0.6) is 0 Å². The summed E-state index contributed by atoms with van der Waals surface area (Å²) in [5, 5.41) is 5.11. The first-order valence-electron chi connectivity index (χ1n) is 9.51. The molecule has 2 rings (SSSR count). The van der Waals surface area contributed by atoms with E-state index >= 15 is 0 Å². The molecule has 8 heteroatoms. The average molecular weight is 435 g/mol. The summed E-state index contributed by atoms with van der Waals surface area (Å²) in [6, 6.07) is 11.2. The van der Waals surface area contributed by atoms with Gasteiger partial charge in [-0.05, 0) is 47.7 Å². The van der Waals surface area contributed by atoms with Gasteiger partial charge in [0.25, 0.3) is 5.91 Å². The Balaban J connectivity index is 2.17. The first kappa shape index (κ1) is 23.5. The molecular formula is C22H27FN2O4S. The number of hydrogen-bond donors (Lipinski definition) is 2. The van der Waals surface area contributed by atoms with E-state index in [1.807, 2.05) is 12.1 Å². The van der Waals surface area contributed by atoms with Crippen molar-refractivity contribution in [2.45, 2.75) is 38.6 Å². The van der Waals surface area contributed by atoms with Gasteiger partial charge in [0, 0.05) is 17.5 Å². The minimum Gasteiger partial charge on any atom is -0.340 e. The highest BCUT2D eigenvalue weighted by atomic mass is 32.2. The van der Waals surface area contributed by atoms with Gasteiger partial charge in [-0.1, -0.05) is 39.0 Å². The van der Waals surface area contributed by atoms with Crippen molar-refractivity contribution in [3.63, 3.8) is 0 Å². The zero-order valence-electron chi connectivity index (χ0n) is 17.5. The second-order valence-electron chi connectivity index (χ2n) is 8.27. The van der Waals surface area contributed by atoms with Gasteiger partial charge >= 0.3 is 0 Å². The van der Waals surface area contributed by atoms with Crippen LogP contribution in [-0.4, -0.2) is 38.3 Å². The Bertz CT molecular complexity index is 1010. The number of carbonyl (C=O) groups is 2. The predicted octanol–water partition coefficient (Wildman–Crippen LogP) is 3.30. The predicted molar refractivity (Wildman–Crippen MR) is 116 cm³/mol. The quantitative estimate of drug-likeness (QED) is 0.699. The van der Waals surface area contributed by atoms with Crippen molar-refractivity contribution < 1.29 is 22.4 Å². The second-order valence-corrected chi connectivity index (χ2v) is 10.5. The summed E-state index contributed by atoms with van der Waals surface area (Å²) in [7, 11) is -3.35. The molecule has 0 radical (unpaired) electrons. The molecule has 30 heavy (non-hydrogen) atoms. The first-order chi connectivity index (χ1) is 13.8. The molecule has 1 atom stereocenters. The Morgan fingerprint density at radius 3 is 2.23 bits per heavy atom. The Hall–Kier alpha value is -2.74. The number of nitrogens with one attached hydrogen (secondary N) is 2. The van der Waals surface area contributed by atoms with Crippen molar-refractivity contribution >= 4 is 27.3 Å². The fourth-order valence-corrected chi connectivity index (χ4v) is 3.42. The van der Waals surface area contributed by atoms with Gasteiger partial charge in [-0.2, -0.15) is 0 Å². The third-order valence-corrected chi connectivity index (χ3v) is 5.48. The van der Waals surface area contributed by atoms with Crippen LogP contribution >= 0.6 is 0 Å². The van der Waals surface area contributed by atoms with Gasteiger partial charge in [0.05, 0.1) is 5.75 Å². The summed E-state index contributed by atoms with van der Waals surface area (Å²) in [6.45, 7) is 6.17. The summed E-state index contributed by atoms with van der Waals surface area (Å²) in [5.41, 5.74) is 1.55. The van der Waals surface area contributed by atoms with Crippen molar-refractivity contribution in [1.82, 2.24) is 5.32 Å². The summed E-state index contributed by atoms with van der Waals surface area (Å²) in [4.78, 5) is 25.3. The molecule has 0 aliphatic rings. The maximum absolute atomic E-state index is 13.4. The smallest absolute Gasteiger partial charge is 0.251 e. The lowest BCUT2D eigenvalue weighted by molar-refractivity contribution is -0.118. The van der Waals surface area contributed by atoms with Crippen LogP contribution in [0.3, 0.4) is 0 Å². The van der Waals surface area contributed by atoms with E-state index < -0.39 is 33.5 Å². The average Bonchev–Trinajstić information content (AvgIpc) is 2.63. The lowest BCUT2D eigenvalue weighted by Gasteiger charge is -2.20. The molecule has 162 valence electrons. The number of amides is 2. The molecule has 2 aromatic rings. The van der Waals surface area contributed by atoms with E-state index in [1.165, 1.54) is 18.2 Å². The number of halogens is 1. The molecule has 0 spiro atoms. The van der Waals surface area contributed by atoms with E-state index in [0.717, 1.165) is 17.9 Å². The minimum absolute atomic E-state index is 0.0716. The highest BCUT2D eigenvalue weighted by Gasteiger charge is 2.24.